The highest BCUT2D eigenvalue weighted by molar-refractivity contribution is 5.96. The highest BCUT2D eigenvalue weighted by atomic mass is 16.1. The lowest BCUT2D eigenvalue weighted by atomic mass is 9.96. The average Bonchev–Trinajstić information content (AvgIpc) is 2.54. The van der Waals surface area contributed by atoms with Crippen molar-refractivity contribution in [1.82, 2.24) is 5.32 Å². The number of nitrogens with two attached hydrogens (primary N) is 2. The fourth-order valence-electron chi connectivity index (χ4n) is 2.77. The predicted molar refractivity (Wildman–Crippen MR) is 78.8 cm³/mol. The monoisotopic (exact) mass is 261 g/mol. The van der Waals surface area contributed by atoms with E-state index in [1.165, 1.54) is 25.7 Å². The van der Waals surface area contributed by atoms with Crippen molar-refractivity contribution in [3.63, 3.8) is 0 Å². The van der Waals surface area contributed by atoms with E-state index >= 15 is 0 Å². The second-order valence-corrected chi connectivity index (χ2v) is 5.58. The molecule has 0 aromatic heterocycles. The Morgan fingerprint density at radius 2 is 1.74 bits per heavy atom. The maximum Gasteiger partial charge on any atom is 0.251 e. The number of anilines is 2. The van der Waals surface area contributed by atoms with Crippen molar-refractivity contribution < 1.29 is 4.79 Å². The Balaban J connectivity index is 2.07. The second kappa shape index (κ2) is 5.95. The summed E-state index contributed by atoms with van der Waals surface area (Å²) in [5.41, 5.74) is 13.0. The summed E-state index contributed by atoms with van der Waals surface area (Å²) in [6.07, 6.45) is 5.96. The van der Waals surface area contributed by atoms with Crippen molar-refractivity contribution in [2.75, 3.05) is 11.5 Å². The molecule has 104 valence electrons. The van der Waals surface area contributed by atoms with E-state index in [4.69, 9.17) is 11.5 Å². The number of hydrogen-bond acceptors (Lipinski definition) is 3. The van der Waals surface area contributed by atoms with Crippen LogP contribution in [0.2, 0.25) is 0 Å². The topological polar surface area (TPSA) is 81.1 Å². The zero-order chi connectivity index (χ0) is 13.8. The zero-order valence-corrected chi connectivity index (χ0v) is 11.5. The number of carbonyl (C=O) groups is 1. The van der Waals surface area contributed by atoms with Crippen LogP contribution in [0.25, 0.3) is 0 Å². The lowest BCUT2D eigenvalue weighted by Gasteiger charge is -2.23. The molecule has 1 aromatic rings. The van der Waals surface area contributed by atoms with Gasteiger partial charge in [0.05, 0.1) is 0 Å². The van der Waals surface area contributed by atoms with Gasteiger partial charge in [-0.1, -0.05) is 26.2 Å². The molecule has 0 spiro atoms. The summed E-state index contributed by atoms with van der Waals surface area (Å²) in [6, 6.07) is 5.27. The van der Waals surface area contributed by atoms with Crippen LogP contribution in [0.3, 0.4) is 0 Å². The molecular formula is C15H23N3O. The molecule has 4 nitrogen and oxygen atoms in total. The molecule has 5 N–H and O–H groups in total. The van der Waals surface area contributed by atoms with E-state index in [0.717, 1.165) is 6.42 Å². The normalized spacial score (nSPS) is 23.6. The molecule has 1 amide bonds. The van der Waals surface area contributed by atoms with Crippen molar-refractivity contribution in [2.24, 2.45) is 5.92 Å². The summed E-state index contributed by atoms with van der Waals surface area (Å²) in [5.74, 6) is 0.461. The van der Waals surface area contributed by atoms with E-state index in [1.807, 2.05) is 0 Å². The van der Waals surface area contributed by atoms with Crippen molar-refractivity contribution in [3.8, 4) is 0 Å². The lowest BCUT2D eigenvalue weighted by molar-refractivity contribution is 0.0921. The van der Waals surface area contributed by atoms with Crippen LogP contribution in [0.1, 0.15) is 49.4 Å². The quantitative estimate of drug-likeness (QED) is 0.565. The molecule has 2 unspecified atom stereocenters. The fraction of sp³-hybridized carbons (Fsp3) is 0.533. The van der Waals surface area contributed by atoms with Crippen LogP contribution in [-0.4, -0.2) is 11.9 Å². The Morgan fingerprint density at radius 1 is 1.11 bits per heavy atom. The van der Waals surface area contributed by atoms with Gasteiger partial charge in [-0.2, -0.15) is 0 Å². The lowest BCUT2D eigenvalue weighted by Crippen LogP contribution is -2.38. The smallest absolute Gasteiger partial charge is 0.251 e. The third-order valence-corrected chi connectivity index (χ3v) is 3.92. The highest BCUT2D eigenvalue weighted by Crippen LogP contribution is 2.23. The maximum absolute atomic E-state index is 12.3. The fourth-order valence-corrected chi connectivity index (χ4v) is 2.77. The van der Waals surface area contributed by atoms with Gasteiger partial charge in [0.1, 0.15) is 0 Å². The molecule has 19 heavy (non-hydrogen) atoms. The van der Waals surface area contributed by atoms with Crippen LogP contribution < -0.4 is 16.8 Å². The van der Waals surface area contributed by atoms with Gasteiger partial charge >= 0.3 is 0 Å². The van der Waals surface area contributed by atoms with Gasteiger partial charge in [0.25, 0.3) is 5.91 Å². The Labute approximate surface area is 114 Å². The molecule has 0 heterocycles. The third kappa shape index (κ3) is 3.63. The molecule has 1 aliphatic carbocycles. The molecule has 1 saturated carbocycles. The van der Waals surface area contributed by atoms with Crippen molar-refractivity contribution in [2.45, 2.75) is 45.1 Å². The summed E-state index contributed by atoms with van der Waals surface area (Å²) in [4.78, 5) is 12.3. The third-order valence-electron chi connectivity index (χ3n) is 3.92. The van der Waals surface area contributed by atoms with Crippen LogP contribution >= 0.6 is 0 Å². The maximum atomic E-state index is 12.3. The first kappa shape index (κ1) is 13.7. The predicted octanol–water partition coefficient (Wildman–Crippen LogP) is 2.55. The first-order valence-electron chi connectivity index (χ1n) is 7.03. The van der Waals surface area contributed by atoms with E-state index in [1.54, 1.807) is 18.2 Å². The Bertz CT molecular complexity index is 438. The van der Waals surface area contributed by atoms with Gasteiger partial charge in [0, 0.05) is 23.0 Å². The molecule has 0 bridgehead atoms. The van der Waals surface area contributed by atoms with Crippen LogP contribution in [-0.2, 0) is 0 Å². The van der Waals surface area contributed by atoms with Crippen LogP contribution in [0.15, 0.2) is 18.2 Å². The minimum atomic E-state index is -0.0715. The van der Waals surface area contributed by atoms with Gasteiger partial charge in [-0.25, -0.2) is 0 Å². The van der Waals surface area contributed by atoms with Crippen LogP contribution in [0.4, 0.5) is 11.4 Å². The molecule has 0 aliphatic heterocycles. The van der Waals surface area contributed by atoms with Crippen molar-refractivity contribution in [1.29, 1.82) is 0 Å². The van der Waals surface area contributed by atoms with Gasteiger partial charge in [0.15, 0.2) is 0 Å². The Hall–Kier alpha value is -1.71. The van der Waals surface area contributed by atoms with Gasteiger partial charge in [0.2, 0.25) is 0 Å². The summed E-state index contributed by atoms with van der Waals surface area (Å²) in [5, 5.41) is 3.13. The number of benzene rings is 1. The number of carbonyl (C=O) groups excluding carboxylic acids is 1. The van der Waals surface area contributed by atoms with Crippen LogP contribution in [0, 0.1) is 5.92 Å². The number of nitrogen functional groups attached to an aromatic ring is 2. The second-order valence-electron chi connectivity index (χ2n) is 5.58. The Morgan fingerprint density at radius 3 is 2.42 bits per heavy atom. The number of rotatable bonds is 2. The molecule has 4 heteroatoms. The average molecular weight is 261 g/mol. The van der Waals surface area contributed by atoms with Crippen molar-refractivity contribution in [3.05, 3.63) is 23.8 Å². The minimum absolute atomic E-state index is 0.0715. The van der Waals surface area contributed by atoms with Gasteiger partial charge in [-0.15, -0.1) is 0 Å². The first-order chi connectivity index (χ1) is 9.06. The SMILES string of the molecule is CC1CCCCCC1NC(=O)c1cc(N)cc(N)c1. The van der Waals surface area contributed by atoms with Gasteiger partial charge < -0.3 is 16.8 Å². The standard InChI is InChI=1S/C15H23N3O/c1-10-5-3-2-4-6-14(10)18-15(19)11-7-12(16)9-13(17)8-11/h7-10,14H,2-6,16-17H2,1H3,(H,18,19). The van der Waals surface area contributed by atoms with Crippen LogP contribution in [0.5, 0.6) is 0 Å². The molecule has 0 radical (unpaired) electrons. The van der Waals surface area contributed by atoms with E-state index in [2.05, 4.69) is 12.2 Å². The molecular weight excluding hydrogens is 238 g/mol. The van der Waals surface area contributed by atoms with E-state index < -0.39 is 0 Å². The molecule has 0 saturated heterocycles. The first-order valence-corrected chi connectivity index (χ1v) is 7.03. The zero-order valence-electron chi connectivity index (χ0n) is 11.5. The van der Waals surface area contributed by atoms with Crippen molar-refractivity contribution >= 4 is 17.3 Å². The number of hydrogen-bond donors (Lipinski definition) is 3. The van der Waals surface area contributed by atoms with Gasteiger partial charge in [-0.3, -0.25) is 4.79 Å². The summed E-state index contributed by atoms with van der Waals surface area (Å²) >= 11 is 0. The van der Waals surface area contributed by atoms with E-state index in [-0.39, 0.29) is 11.9 Å². The minimum Gasteiger partial charge on any atom is -0.399 e. The van der Waals surface area contributed by atoms with E-state index in [9.17, 15) is 4.79 Å². The molecule has 1 aromatic carbocycles. The molecule has 2 atom stereocenters. The summed E-state index contributed by atoms with van der Waals surface area (Å²) < 4.78 is 0. The largest absolute Gasteiger partial charge is 0.399 e. The molecule has 1 aliphatic rings. The Kier molecular flexibility index (Phi) is 4.30. The van der Waals surface area contributed by atoms with E-state index in [0.29, 0.717) is 22.9 Å². The van der Waals surface area contributed by atoms with Gasteiger partial charge in [-0.05, 0) is 37.0 Å². The summed E-state index contributed by atoms with van der Waals surface area (Å²) in [6.45, 7) is 2.21. The molecule has 1 fully saturated rings. The molecule has 2 rings (SSSR count). The highest BCUT2D eigenvalue weighted by Gasteiger charge is 2.22. The number of nitrogens with one attached hydrogen (secondary N) is 1. The summed E-state index contributed by atoms with van der Waals surface area (Å²) in [7, 11) is 0. The number of amides is 1.